The van der Waals surface area contributed by atoms with Crippen molar-refractivity contribution in [3.05, 3.63) is 0 Å². The number of hydrogen-bond donors (Lipinski definition) is 1. The van der Waals surface area contributed by atoms with Crippen LogP contribution in [0, 0.1) is 5.92 Å². The number of rotatable bonds is 2. The van der Waals surface area contributed by atoms with Gasteiger partial charge in [-0.2, -0.15) is 13.2 Å². The smallest absolute Gasteiger partial charge is 0.329 e. The molecule has 2 fully saturated rings. The lowest BCUT2D eigenvalue weighted by Crippen LogP contribution is -2.51. The van der Waals surface area contributed by atoms with E-state index in [1.807, 2.05) is 0 Å². The van der Waals surface area contributed by atoms with Crippen LogP contribution in [0.1, 0.15) is 44.9 Å². The Morgan fingerprint density at radius 1 is 1.06 bits per heavy atom. The molecule has 2 aliphatic rings. The van der Waals surface area contributed by atoms with Crippen molar-refractivity contribution >= 4 is 0 Å². The second kappa shape index (κ2) is 5.78. The van der Waals surface area contributed by atoms with Crippen LogP contribution in [0.2, 0.25) is 0 Å². The lowest BCUT2D eigenvalue weighted by Gasteiger charge is -2.44. The highest BCUT2D eigenvalue weighted by molar-refractivity contribution is 4.88. The summed E-state index contributed by atoms with van der Waals surface area (Å²) in [4.78, 5) is 2.27. The molecule has 1 saturated heterocycles. The lowest BCUT2D eigenvalue weighted by atomic mass is 9.83. The van der Waals surface area contributed by atoms with E-state index in [-0.39, 0.29) is 12.5 Å². The maximum Gasteiger partial charge on any atom is 0.391 e. The predicted molar refractivity (Wildman–Crippen MR) is 65.2 cm³/mol. The maximum absolute atomic E-state index is 12.8. The molecule has 1 saturated carbocycles. The van der Waals surface area contributed by atoms with E-state index >= 15 is 0 Å². The molecule has 1 heterocycles. The number of piperidine rings is 1. The fourth-order valence-electron chi connectivity index (χ4n) is 3.52. The summed E-state index contributed by atoms with van der Waals surface area (Å²) in [6.45, 7) is 1.50. The van der Waals surface area contributed by atoms with Crippen molar-refractivity contribution in [2.75, 3.05) is 13.1 Å². The summed E-state index contributed by atoms with van der Waals surface area (Å²) in [5, 5.41) is 0. The highest BCUT2D eigenvalue weighted by Crippen LogP contribution is 2.40. The monoisotopic (exact) mass is 264 g/mol. The van der Waals surface area contributed by atoms with Gasteiger partial charge in [-0.1, -0.05) is 12.8 Å². The highest BCUT2D eigenvalue weighted by atomic mass is 19.4. The molecule has 0 aromatic heterocycles. The zero-order valence-electron chi connectivity index (χ0n) is 10.8. The van der Waals surface area contributed by atoms with Gasteiger partial charge in [-0.05, 0) is 38.6 Å². The Hall–Kier alpha value is -0.290. The lowest BCUT2D eigenvalue weighted by molar-refractivity contribution is -0.187. The Balaban J connectivity index is 1.99. The molecule has 2 nitrogen and oxygen atoms in total. The first-order valence-electron chi connectivity index (χ1n) is 7.05. The van der Waals surface area contributed by atoms with Crippen LogP contribution >= 0.6 is 0 Å². The third-order valence-electron chi connectivity index (χ3n) is 4.52. The van der Waals surface area contributed by atoms with Crippen LogP contribution in [0.3, 0.4) is 0 Å². The molecule has 106 valence electrons. The summed E-state index contributed by atoms with van der Waals surface area (Å²) in [6, 6.07) is 0.398. The standard InChI is InChI=1S/C13H23F3N2/c14-13(15,16)10-4-3-6-11(8-10)18-7-2-1-5-12(18)9-17/h10-12H,1-9,17H2. The topological polar surface area (TPSA) is 29.3 Å². The highest BCUT2D eigenvalue weighted by Gasteiger charge is 2.44. The first-order chi connectivity index (χ1) is 8.52. The van der Waals surface area contributed by atoms with Crippen LogP contribution in [0.5, 0.6) is 0 Å². The number of alkyl halides is 3. The number of hydrogen-bond acceptors (Lipinski definition) is 2. The summed E-state index contributed by atoms with van der Waals surface area (Å²) in [5.74, 6) is -1.10. The van der Waals surface area contributed by atoms with Crippen molar-refractivity contribution in [2.24, 2.45) is 11.7 Å². The summed E-state index contributed by atoms with van der Waals surface area (Å²) < 4.78 is 38.5. The zero-order chi connectivity index (χ0) is 13.2. The van der Waals surface area contributed by atoms with Crippen LogP contribution in [0.15, 0.2) is 0 Å². The van der Waals surface area contributed by atoms with E-state index in [2.05, 4.69) is 4.90 Å². The summed E-state index contributed by atoms with van der Waals surface area (Å²) in [5.41, 5.74) is 5.76. The molecule has 0 bridgehead atoms. The molecule has 1 aliphatic carbocycles. The van der Waals surface area contributed by atoms with Crippen molar-refractivity contribution in [1.82, 2.24) is 4.90 Å². The van der Waals surface area contributed by atoms with Crippen LogP contribution in [0.4, 0.5) is 13.2 Å². The molecule has 0 aromatic carbocycles. The Kier molecular flexibility index (Phi) is 4.54. The second-order valence-corrected chi connectivity index (χ2v) is 5.68. The molecule has 0 radical (unpaired) electrons. The molecule has 5 heteroatoms. The van der Waals surface area contributed by atoms with E-state index in [0.29, 0.717) is 25.4 Å². The van der Waals surface area contributed by atoms with Gasteiger partial charge in [-0.25, -0.2) is 0 Å². The van der Waals surface area contributed by atoms with Gasteiger partial charge in [-0.15, -0.1) is 0 Å². The van der Waals surface area contributed by atoms with Crippen molar-refractivity contribution < 1.29 is 13.2 Å². The van der Waals surface area contributed by atoms with E-state index in [0.717, 1.165) is 32.2 Å². The number of halogens is 3. The van der Waals surface area contributed by atoms with Gasteiger partial charge in [-0.3, -0.25) is 4.90 Å². The molecule has 2 rings (SSSR count). The van der Waals surface area contributed by atoms with Crippen molar-refractivity contribution in [3.8, 4) is 0 Å². The Labute approximate surface area is 107 Å². The van der Waals surface area contributed by atoms with Gasteiger partial charge in [0.15, 0.2) is 0 Å². The van der Waals surface area contributed by atoms with E-state index in [9.17, 15) is 13.2 Å². The van der Waals surface area contributed by atoms with Gasteiger partial charge >= 0.3 is 6.18 Å². The average Bonchev–Trinajstić information content (AvgIpc) is 2.38. The van der Waals surface area contributed by atoms with Gasteiger partial charge in [0, 0.05) is 18.6 Å². The first-order valence-corrected chi connectivity index (χ1v) is 7.05. The Bertz CT molecular complexity index is 267. The van der Waals surface area contributed by atoms with E-state index in [4.69, 9.17) is 5.73 Å². The molecule has 0 aromatic rings. The minimum atomic E-state index is -4.02. The quantitative estimate of drug-likeness (QED) is 0.831. The van der Waals surface area contributed by atoms with Gasteiger partial charge in [0.05, 0.1) is 5.92 Å². The fourth-order valence-corrected chi connectivity index (χ4v) is 3.52. The van der Waals surface area contributed by atoms with Crippen molar-refractivity contribution in [2.45, 2.75) is 63.2 Å². The van der Waals surface area contributed by atoms with Crippen LogP contribution in [-0.4, -0.2) is 36.2 Å². The summed E-state index contributed by atoms with van der Waals surface area (Å²) >= 11 is 0. The van der Waals surface area contributed by atoms with E-state index in [1.54, 1.807) is 0 Å². The largest absolute Gasteiger partial charge is 0.391 e. The minimum Gasteiger partial charge on any atom is -0.329 e. The van der Waals surface area contributed by atoms with Gasteiger partial charge in [0.25, 0.3) is 0 Å². The third-order valence-corrected chi connectivity index (χ3v) is 4.52. The number of nitrogens with two attached hydrogens (primary N) is 1. The minimum absolute atomic E-state index is 0.0965. The molecule has 3 atom stereocenters. The molecule has 0 amide bonds. The SMILES string of the molecule is NCC1CCCCN1C1CCCC(C(F)(F)F)C1. The summed E-state index contributed by atoms with van der Waals surface area (Å²) in [7, 11) is 0. The fraction of sp³-hybridized carbons (Fsp3) is 1.00. The van der Waals surface area contributed by atoms with Crippen LogP contribution in [0.25, 0.3) is 0 Å². The van der Waals surface area contributed by atoms with Gasteiger partial charge in [0.1, 0.15) is 0 Å². The second-order valence-electron chi connectivity index (χ2n) is 5.68. The van der Waals surface area contributed by atoms with Crippen LogP contribution < -0.4 is 5.73 Å². The van der Waals surface area contributed by atoms with Crippen molar-refractivity contribution in [3.63, 3.8) is 0 Å². The molecule has 2 N–H and O–H groups in total. The van der Waals surface area contributed by atoms with E-state index in [1.165, 1.54) is 0 Å². The molecule has 18 heavy (non-hydrogen) atoms. The van der Waals surface area contributed by atoms with Gasteiger partial charge in [0.2, 0.25) is 0 Å². The molecule has 0 spiro atoms. The Morgan fingerprint density at radius 2 is 1.83 bits per heavy atom. The number of likely N-dealkylation sites (tertiary alicyclic amines) is 1. The van der Waals surface area contributed by atoms with Crippen molar-refractivity contribution in [1.29, 1.82) is 0 Å². The van der Waals surface area contributed by atoms with Gasteiger partial charge < -0.3 is 5.73 Å². The zero-order valence-corrected chi connectivity index (χ0v) is 10.8. The summed E-state index contributed by atoms with van der Waals surface area (Å²) in [6.07, 6.45) is 1.47. The van der Waals surface area contributed by atoms with E-state index < -0.39 is 12.1 Å². The maximum atomic E-state index is 12.8. The van der Waals surface area contributed by atoms with Crippen LogP contribution in [-0.2, 0) is 0 Å². The number of nitrogens with zero attached hydrogens (tertiary/aromatic N) is 1. The molecule has 3 unspecified atom stereocenters. The average molecular weight is 264 g/mol. The Morgan fingerprint density at radius 3 is 2.50 bits per heavy atom. The normalized spacial score (nSPS) is 35.7. The molecule has 1 aliphatic heterocycles. The molecular formula is C13H23F3N2. The molecular weight excluding hydrogens is 241 g/mol. The first kappa shape index (κ1) is 14.1. The predicted octanol–water partition coefficient (Wildman–Crippen LogP) is 2.92. The third kappa shape index (κ3) is 3.18.